The standard InChI is InChI=1S/C25H34ClN5O3S/c1-16-17(2)34-15-25(16)5-8-30(9-6-25)23-19(13-32)29-21(10-28-23)35-20-4-7-27-24(22(20)26)31-11-18(12-31)14-33-3/h4,7,10,16-18,32H,5-6,8-9,11-15H2,1-3H3/t16-,17+/m1/s1. The van der Waals surface area contributed by atoms with Gasteiger partial charge in [0.25, 0.3) is 0 Å². The molecule has 0 amide bonds. The van der Waals surface area contributed by atoms with E-state index in [1.54, 1.807) is 19.5 Å². The van der Waals surface area contributed by atoms with Crippen molar-refractivity contribution < 1.29 is 14.6 Å². The first-order valence-corrected chi connectivity index (χ1v) is 13.5. The number of hydrogen-bond donors (Lipinski definition) is 1. The van der Waals surface area contributed by atoms with Crippen LogP contribution in [0.2, 0.25) is 5.02 Å². The number of halogens is 1. The van der Waals surface area contributed by atoms with Crippen LogP contribution in [0.1, 0.15) is 32.4 Å². The zero-order chi connectivity index (χ0) is 24.6. The minimum absolute atomic E-state index is 0.154. The predicted molar refractivity (Wildman–Crippen MR) is 137 cm³/mol. The topological polar surface area (TPSA) is 83.8 Å². The number of aliphatic hydroxyl groups is 1. The number of pyridine rings is 1. The van der Waals surface area contributed by atoms with E-state index in [4.69, 9.17) is 31.0 Å². The highest BCUT2D eigenvalue weighted by atomic mass is 35.5. The molecule has 3 aliphatic rings. The monoisotopic (exact) mass is 519 g/mol. The van der Waals surface area contributed by atoms with Gasteiger partial charge in [-0.25, -0.2) is 15.0 Å². The van der Waals surface area contributed by atoms with E-state index in [0.717, 1.165) is 68.8 Å². The fourth-order valence-corrected chi connectivity index (χ4v) is 6.71. The second-order valence-corrected chi connectivity index (χ2v) is 11.5. The van der Waals surface area contributed by atoms with Gasteiger partial charge in [0.1, 0.15) is 16.5 Å². The number of rotatable bonds is 7. The second kappa shape index (κ2) is 10.4. The maximum Gasteiger partial charge on any atom is 0.152 e. The van der Waals surface area contributed by atoms with E-state index in [1.165, 1.54) is 11.8 Å². The largest absolute Gasteiger partial charge is 0.390 e. The Morgan fingerprint density at radius 3 is 2.63 bits per heavy atom. The lowest BCUT2D eigenvalue weighted by Crippen LogP contribution is -2.49. The highest BCUT2D eigenvalue weighted by Crippen LogP contribution is 2.47. The lowest BCUT2D eigenvalue weighted by molar-refractivity contribution is 0.0969. The number of ether oxygens (including phenoxy) is 2. The molecule has 1 spiro atoms. The van der Waals surface area contributed by atoms with Gasteiger partial charge < -0.3 is 24.4 Å². The SMILES string of the molecule is COCC1CN(c2nccc(Sc3cnc(N4CCC5(CC4)CO[C@@H](C)[C@H]5C)c(CO)n3)c2Cl)C1. The zero-order valence-electron chi connectivity index (χ0n) is 20.6. The van der Waals surface area contributed by atoms with E-state index in [-0.39, 0.29) is 12.0 Å². The van der Waals surface area contributed by atoms with Crippen LogP contribution < -0.4 is 9.80 Å². The van der Waals surface area contributed by atoms with Crippen molar-refractivity contribution in [3.05, 3.63) is 29.2 Å². The normalized spacial score (nSPS) is 24.3. The first-order valence-electron chi connectivity index (χ1n) is 12.3. The molecular weight excluding hydrogens is 486 g/mol. The van der Waals surface area contributed by atoms with Gasteiger partial charge in [-0.3, -0.25) is 0 Å². The summed E-state index contributed by atoms with van der Waals surface area (Å²) in [7, 11) is 1.73. The molecule has 35 heavy (non-hydrogen) atoms. The smallest absolute Gasteiger partial charge is 0.152 e. The van der Waals surface area contributed by atoms with Gasteiger partial charge in [0, 0.05) is 55.7 Å². The summed E-state index contributed by atoms with van der Waals surface area (Å²) in [5, 5.41) is 11.4. The van der Waals surface area contributed by atoms with Crippen LogP contribution in [0.4, 0.5) is 11.6 Å². The van der Waals surface area contributed by atoms with E-state index in [2.05, 4.69) is 28.6 Å². The molecule has 5 rings (SSSR count). The minimum atomic E-state index is -0.154. The summed E-state index contributed by atoms with van der Waals surface area (Å²) in [6.45, 7) is 9.50. The van der Waals surface area contributed by atoms with Crippen molar-refractivity contribution in [1.82, 2.24) is 15.0 Å². The highest BCUT2D eigenvalue weighted by molar-refractivity contribution is 7.99. The lowest BCUT2D eigenvalue weighted by atomic mass is 9.70. The molecular formula is C25H34ClN5O3S. The summed E-state index contributed by atoms with van der Waals surface area (Å²) in [4.78, 5) is 19.3. The number of methoxy groups -OCH3 is 1. The number of nitrogens with zero attached hydrogens (tertiary/aromatic N) is 5. The molecule has 0 saturated carbocycles. The summed E-state index contributed by atoms with van der Waals surface area (Å²) in [5.74, 6) is 2.64. The van der Waals surface area contributed by atoms with Crippen LogP contribution in [0, 0.1) is 17.3 Å². The maximum atomic E-state index is 10.1. The Bertz CT molecular complexity index is 1050. The summed E-state index contributed by atoms with van der Waals surface area (Å²) in [6.07, 6.45) is 6.01. The number of aliphatic hydroxyl groups excluding tert-OH is 1. The van der Waals surface area contributed by atoms with E-state index >= 15 is 0 Å². The quantitative estimate of drug-likeness (QED) is 0.585. The van der Waals surface area contributed by atoms with E-state index in [9.17, 15) is 5.11 Å². The van der Waals surface area contributed by atoms with Crippen molar-refractivity contribution >= 4 is 35.0 Å². The fraction of sp³-hybridized carbons (Fsp3) is 0.640. The molecule has 190 valence electrons. The molecule has 2 aromatic heterocycles. The van der Waals surface area contributed by atoms with Crippen molar-refractivity contribution in [2.45, 2.75) is 49.3 Å². The summed E-state index contributed by atoms with van der Waals surface area (Å²) in [5.41, 5.74) is 0.861. The van der Waals surface area contributed by atoms with Crippen molar-refractivity contribution in [2.24, 2.45) is 17.3 Å². The molecule has 5 heterocycles. The molecule has 0 bridgehead atoms. The van der Waals surface area contributed by atoms with Gasteiger partial charge >= 0.3 is 0 Å². The number of aromatic nitrogens is 3. The molecule has 1 N–H and O–H groups in total. The first kappa shape index (κ1) is 25.0. The Balaban J connectivity index is 1.27. The predicted octanol–water partition coefficient (Wildman–Crippen LogP) is 3.89. The van der Waals surface area contributed by atoms with Crippen molar-refractivity contribution in [2.75, 3.05) is 56.3 Å². The van der Waals surface area contributed by atoms with Crippen molar-refractivity contribution in [3.63, 3.8) is 0 Å². The maximum absolute atomic E-state index is 10.1. The Hall–Kier alpha value is -1.65. The molecule has 0 aromatic carbocycles. The Morgan fingerprint density at radius 2 is 1.97 bits per heavy atom. The molecule has 2 atom stereocenters. The van der Waals surface area contributed by atoms with E-state index in [0.29, 0.717) is 33.7 Å². The van der Waals surface area contributed by atoms with Crippen LogP contribution in [0.5, 0.6) is 0 Å². The average molecular weight is 520 g/mol. The average Bonchev–Trinajstić information content (AvgIpc) is 3.12. The zero-order valence-corrected chi connectivity index (χ0v) is 22.2. The van der Waals surface area contributed by atoms with E-state index < -0.39 is 0 Å². The third-order valence-corrected chi connectivity index (χ3v) is 9.47. The number of hydrogen-bond acceptors (Lipinski definition) is 9. The molecule has 0 aliphatic carbocycles. The van der Waals surface area contributed by atoms with Gasteiger partial charge in [-0.05, 0) is 31.7 Å². The Kier molecular flexibility index (Phi) is 7.42. The molecule has 0 radical (unpaired) electrons. The molecule has 3 fully saturated rings. The molecule has 10 heteroatoms. The molecule has 2 aromatic rings. The lowest BCUT2D eigenvalue weighted by Gasteiger charge is -2.42. The second-order valence-electron chi connectivity index (χ2n) is 10.1. The van der Waals surface area contributed by atoms with Gasteiger partial charge in [0.2, 0.25) is 0 Å². The fourth-order valence-electron chi connectivity index (χ4n) is 5.57. The number of piperidine rings is 1. The van der Waals surface area contributed by atoms with Crippen LogP contribution in [0.15, 0.2) is 28.4 Å². The summed E-state index contributed by atoms with van der Waals surface area (Å²) >= 11 is 8.18. The van der Waals surface area contributed by atoms with Crippen LogP contribution >= 0.6 is 23.4 Å². The van der Waals surface area contributed by atoms with Crippen LogP contribution in [0.3, 0.4) is 0 Å². The third-order valence-electron chi connectivity index (χ3n) is 8.02. The van der Waals surface area contributed by atoms with Crippen molar-refractivity contribution in [3.8, 4) is 0 Å². The van der Waals surface area contributed by atoms with Crippen molar-refractivity contribution in [1.29, 1.82) is 0 Å². The molecule has 3 saturated heterocycles. The third kappa shape index (κ3) is 4.85. The van der Waals surface area contributed by atoms with Gasteiger partial charge in [0.15, 0.2) is 5.82 Å². The van der Waals surface area contributed by atoms with Crippen LogP contribution in [-0.4, -0.2) is 72.7 Å². The van der Waals surface area contributed by atoms with Crippen LogP contribution in [0.25, 0.3) is 0 Å². The molecule has 0 unspecified atom stereocenters. The summed E-state index contributed by atoms with van der Waals surface area (Å²) in [6, 6.07) is 1.90. The van der Waals surface area contributed by atoms with E-state index in [1.807, 2.05) is 6.07 Å². The molecule has 3 aliphatic heterocycles. The Morgan fingerprint density at radius 1 is 1.20 bits per heavy atom. The van der Waals surface area contributed by atoms with Gasteiger partial charge in [-0.15, -0.1) is 0 Å². The molecule has 8 nitrogen and oxygen atoms in total. The van der Waals surface area contributed by atoms with Gasteiger partial charge in [-0.2, -0.15) is 0 Å². The number of anilines is 2. The van der Waals surface area contributed by atoms with Gasteiger partial charge in [0.05, 0.1) is 37.1 Å². The highest BCUT2D eigenvalue weighted by Gasteiger charge is 2.47. The van der Waals surface area contributed by atoms with Gasteiger partial charge in [-0.1, -0.05) is 30.3 Å². The Labute approximate surface area is 216 Å². The minimum Gasteiger partial charge on any atom is -0.390 e. The first-order chi connectivity index (χ1) is 16.9. The summed E-state index contributed by atoms with van der Waals surface area (Å²) < 4.78 is 11.2. The van der Waals surface area contributed by atoms with Crippen LogP contribution in [-0.2, 0) is 16.1 Å².